The van der Waals surface area contributed by atoms with Gasteiger partial charge in [0.1, 0.15) is 10.6 Å². The highest BCUT2D eigenvalue weighted by Gasteiger charge is 2.36. The second-order valence-corrected chi connectivity index (χ2v) is 7.22. The first-order valence-electron chi connectivity index (χ1n) is 7.28. The van der Waals surface area contributed by atoms with E-state index >= 15 is 0 Å². The molecular weight excluding hydrogens is 286 g/mol. The van der Waals surface area contributed by atoms with Crippen molar-refractivity contribution in [3.8, 4) is 10.8 Å². The van der Waals surface area contributed by atoms with Crippen LogP contribution < -0.4 is 0 Å². The first kappa shape index (κ1) is 14.3. The van der Waals surface area contributed by atoms with Gasteiger partial charge >= 0.3 is 5.97 Å². The third-order valence-electron chi connectivity index (χ3n) is 3.81. The molecule has 1 saturated carbocycles. The minimum Gasteiger partial charge on any atom is -0.477 e. The predicted octanol–water partition coefficient (Wildman–Crippen LogP) is 4.42. The molecular formula is C16H19NO3S. The summed E-state index contributed by atoms with van der Waals surface area (Å²) >= 11 is 1.20. The molecule has 0 saturated heterocycles. The Hall–Kier alpha value is -1.62. The zero-order valence-corrected chi connectivity index (χ0v) is 13.2. The molecule has 1 aliphatic carbocycles. The Bertz CT molecular complexity index is 671. The lowest BCUT2D eigenvalue weighted by Crippen LogP contribution is -2.02. The summed E-state index contributed by atoms with van der Waals surface area (Å²) in [6.45, 7) is 6.33. The summed E-state index contributed by atoms with van der Waals surface area (Å²) in [7, 11) is 0. The van der Waals surface area contributed by atoms with Gasteiger partial charge in [0, 0.05) is 5.92 Å². The van der Waals surface area contributed by atoms with Crippen molar-refractivity contribution in [1.82, 2.24) is 4.98 Å². The fourth-order valence-electron chi connectivity index (χ4n) is 2.53. The van der Waals surface area contributed by atoms with Gasteiger partial charge in [-0.2, -0.15) is 0 Å². The van der Waals surface area contributed by atoms with E-state index in [1.54, 1.807) is 0 Å². The van der Waals surface area contributed by atoms with Crippen LogP contribution in [0.2, 0.25) is 0 Å². The molecule has 4 nitrogen and oxygen atoms in total. The monoisotopic (exact) mass is 305 g/mol. The highest BCUT2D eigenvalue weighted by Crippen LogP contribution is 2.48. The molecule has 1 fully saturated rings. The minimum atomic E-state index is -0.906. The molecule has 2 aromatic heterocycles. The molecule has 2 aromatic rings. The molecule has 2 heterocycles. The van der Waals surface area contributed by atoms with Crippen LogP contribution in [-0.2, 0) is 6.42 Å². The number of hydrogen-bond donors (Lipinski definition) is 1. The number of carboxylic acid groups (broad SMARTS) is 1. The maximum atomic E-state index is 11.4. The molecule has 3 rings (SSSR count). The number of aromatic carboxylic acids is 1. The molecule has 0 radical (unpaired) electrons. The van der Waals surface area contributed by atoms with Gasteiger partial charge in [-0.1, -0.05) is 20.8 Å². The Morgan fingerprint density at radius 2 is 2.24 bits per heavy atom. The SMILES string of the molecule is CC(C)Cc1nc(-c2ccc(C3CC3C)o2)sc1C(=O)O. The van der Waals surface area contributed by atoms with E-state index in [4.69, 9.17) is 4.42 Å². The van der Waals surface area contributed by atoms with Crippen LogP contribution in [0, 0.1) is 11.8 Å². The second kappa shape index (κ2) is 5.30. The largest absolute Gasteiger partial charge is 0.477 e. The number of aromatic nitrogens is 1. The first-order chi connectivity index (χ1) is 9.95. The van der Waals surface area contributed by atoms with Gasteiger partial charge in [0.15, 0.2) is 10.8 Å². The molecule has 0 aliphatic heterocycles. The van der Waals surface area contributed by atoms with E-state index in [1.165, 1.54) is 17.8 Å². The lowest BCUT2D eigenvalue weighted by atomic mass is 10.1. The smallest absolute Gasteiger partial charge is 0.347 e. The number of carboxylic acids is 1. The molecule has 112 valence electrons. The van der Waals surface area contributed by atoms with Crippen LogP contribution in [0.5, 0.6) is 0 Å². The molecule has 0 amide bonds. The lowest BCUT2D eigenvalue weighted by Gasteiger charge is -2.01. The number of hydrogen-bond acceptors (Lipinski definition) is 4. The van der Waals surface area contributed by atoms with Crippen LogP contribution in [0.1, 0.15) is 54.2 Å². The van der Waals surface area contributed by atoms with Crippen LogP contribution in [-0.4, -0.2) is 16.1 Å². The molecule has 2 atom stereocenters. The van der Waals surface area contributed by atoms with E-state index in [0.717, 1.165) is 5.76 Å². The fraction of sp³-hybridized carbons (Fsp3) is 0.500. The van der Waals surface area contributed by atoms with E-state index in [1.807, 2.05) is 12.1 Å². The zero-order valence-electron chi connectivity index (χ0n) is 12.4. The summed E-state index contributed by atoms with van der Waals surface area (Å²) in [5.41, 5.74) is 0.662. The van der Waals surface area contributed by atoms with Gasteiger partial charge in [0.05, 0.1) is 5.69 Å². The average molecular weight is 305 g/mol. The van der Waals surface area contributed by atoms with Gasteiger partial charge in [-0.25, -0.2) is 9.78 Å². The normalized spacial score (nSPS) is 21.0. The van der Waals surface area contributed by atoms with Crippen molar-refractivity contribution in [2.75, 3.05) is 0 Å². The van der Waals surface area contributed by atoms with E-state index in [-0.39, 0.29) is 0 Å². The van der Waals surface area contributed by atoms with E-state index in [0.29, 0.717) is 45.5 Å². The van der Waals surface area contributed by atoms with E-state index < -0.39 is 5.97 Å². The van der Waals surface area contributed by atoms with E-state index in [2.05, 4.69) is 25.8 Å². The Labute approximate surface area is 127 Å². The van der Waals surface area contributed by atoms with Crippen molar-refractivity contribution >= 4 is 17.3 Å². The molecule has 21 heavy (non-hydrogen) atoms. The highest BCUT2D eigenvalue weighted by molar-refractivity contribution is 7.16. The third kappa shape index (κ3) is 2.88. The van der Waals surface area contributed by atoms with E-state index in [9.17, 15) is 9.90 Å². The van der Waals surface area contributed by atoms with Crippen molar-refractivity contribution < 1.29 is 14.3 Å². The number of nitrogens with zero attached hydrogens (tertiary/aromatic N) is 1. The van der Waals surface area contributed by atoms with Gasteiger partial charge in [-0.3, -0.25) is 0 Å². The molecule has 0 spiro atoms. The quantitative estimate of drug-likeness (QED) is 0.888. The van der Waals surface area contributed by atoms with Crippen LogP contribution in [0.25, 0.3) is 10.8 Å². The summed E-state index contributed by atoms with van der Waals surface area (Å²) in [6, 6.07) is 3.90. The van der Waals surface area contributed by atoms with Crippen LogP contribution in [0.3, 0.4) is 0 Å². The van der Waals surface area contributed by atoms with Crippen molar-refractivity contribution in [2.45, 2.75) is 39.5 Å². The van der Waals surface area contributed by atoms with Crippen LogP contribution in [0.4, 0.5) is 0 Å². The maximum absolute atomic E-state index is 11.4. The maximum Gasteiger partial charge on any atom is 0.347 e. The number of rotatable bonds is 5. The van der Waals surface area contributed by atoms with Gasteiger partial charge in [-0.15, -0.1) is 11.3 Å². The summed E-state index contributed by atoms with van der Waals surface area (Å²) < 4.78 is 5.87. The molecule has 1 aliphatic rings. The molecule has 0 bridgehead atoms. The molecule has 2 unspecified atom stereocenters. The summed E-state index contributed by atoms with van der Waals surface area (Å²) in [6.07, 6.45) is 1.84. The first-order valence-corrected chi connectivity index (χ1v) is 8.10. The predicted molar refractivity (Wildman–Crippen MR) is 81.8 cm³/mol. The summed E-state index contributed by atoms with van der Waals surface area (Å²) in [4.78, 5) is 16.2. The van der Waals surface area contributed by atoms with Gasteiger partial charge in [0.2, 0.25) is 0 Å². The Balaban J connectivity index is 1.91. The highest BCUT2D eigenvalue weighted by atomic mass is 32.1. The molecule has 0 aromatic carbocycles. The topological polar surface area (TPSA) is 63.3 Å². The minimum absolute atomic E-state index is 0.330. The van der Waals surface area contributed by atoms with Gasteiger partial charge in [-0.05, 0) is 36.8 Å². The number of carbonyl (C=O) groups is 1. The number of thiazole rings is 1. The van der Waals surface area contributed by atoms with Crippen molar-refractivity contribution in [3.05, 3.63) is 28.5 Å². The summed E-state index contributed by atoms with van der Waals surface area (Å²) in [5, 5.41) is 9.99. The van der Waals surface area contributed by atoms with Crippen molar-refractivity contribution in [1.29, 1.82) is 0 Å². The standard InChI is InChI=1S/C16H19NO3S/c1-8(2)6-11-14(16(18)19)21-15(17-11)13-5-4-12(20-13)10-7-9(10)3/h4-5,8-10H,6-7H2,1-3H3,(H,18,19). The van der Waals surface area contributed by atoms with Crippen molar-refractivity contribution in [2.24, 2.45) is 11.8 Å². The lowest BCUT2D eigenvalue weighted by molar-refractivity contribution is 0.0700. The van der Waals surface area contributed by atoms with Gasteiger partial charge < -0.3 is 9.52 Å². The van der Waals surface area contributed by atoms with Gasteiger partial charge in [0.25, 0.3) is 0 Å². The molecule has 1 N–H and O–H groups in total. The third-order valence-corrected chi connectivity index (χ3v) is 4.91. The fourth-order valence-corrected chi connectivity index (χ4v) is 3.43. The summed E-state index contributed by atoms with van der Waals surface area (Å²) in [5.74, 6) is 2.36. The number of furan rings is 1. The van der Waals surface area contributed by atoms with Crippen LogP contribution in [0.15, 0.2) is 16.5 Å². The average Bonchev–Trinajstić information content (AvgIpc) is 2.84. The second-order valence-electron chi connectivity index (χ2n) is 6.22. The van der Waals surface area contributed by atoms with Crippen molar-refractivity contribution in [3.63, 3.8) is 0 Å². The Morgan fingerprint density at radius 3 is 2.81 bits per heavy atom. The Morgan fingerprint density at radius 1 is 1.52 bits per heavy atom. The molecule has 5 heteroatoms. The Kier molecular flexibility index (Phi) is 3.61. The zero-order chi connectivity index (χ0) is 15.1. The van der Waals surface area contributed by atoms with Crippen LogP contribution >= 0.6 is 11.3 Å².